The fourth-order valence-electron chi connectivity index (χ4n) is 9.23. The number of phosphoric acid groups is 1. The van der Waals surface area contributed by atoms with Gasteiger partial charge < -0.3 is 19.8 Å². The van der Waals surface area contributed by atoms with E-state index in [1.807, 2.05) is 21.1 Å². The van der Waals surface area contributed by atoms with Gasteiger partial charge in [-0.15, -0.1) is 0 Å². The molecule has 396 valence electrons. The molecule has 0 aliphatic carbocycles. The van der Waals surface area contributed by atoms with Gasteiger partial charge in [0.1, 0.15) is 13.2 Å². The van der Waals surface area contributed by atoms with Crippen molar-refractivity contribution in [2.75, 3.05) is 40.9 Å². The summed E-state index contributed by atoms with van der Waals surface area (Å²) in [6.45, 7) is 4.93. The third kappa shape index (κ3) is 51.4. The standard InChI is InChI=1S/C57H117N2O6P/c1-6-8-10-12-14-16-18-20-21-22-23-24-25-26-27-28-29-30-31-32-33-34-35-36-37-39-41-43-45-47-49-51-57(61)58-55(54-65-66(62,63)64-53-52-59(3,4)5)56(60)50-48-46-44-42-40-38-19-17-15-13-11-9-7-2/h55-56,60H,6-54H2,1-5H3,(H-,58,61,62,63)/p+1. The highest BCUT2D eigenvalue weighted by atomic mass is 31.2. The number of nitrogens with zero attached hydrogens (tertiary/aromatic N) is 1. The van der Waals surface area contributed by atoms with Gasteiger partial charge in [0.25, 0.3) is 0 Å². The summed E-state index contributed by atoms with van der Waals surface area (Å²) in [4.78, 5) is 23.3. The number of likely N-dealkylation sites (N-methyl/N-ethyl adjacent to an activating group) is 1. The molecule has 0 saturated carbocycles. The zero-order chi connectivity index (χ0) is 48.5. The molecule has 0 spiro atoms. The van der Waals surface area contributed by atoms with Gasteiger partial charge in [0, 0.05) is 6.42 Å². The lowest BCUT2D eigenvalue weighted by Gasteiger charge is -2.26. The number of unbranched alkanes of at least 4 members (excludes halogenated alkanes) is 42. The van der Waals surface area contributed by atoms with E-state index in [-0.39, 0.29) is 19.1 Å². The Balaban J connectivity index is 3.95. The Labute approximate surface area is 412 Å². The zero-order valence-electron chi connectivity index (χ0n) is 45.2. The third-order valence-electron chi connectivity index (χ3n) is 13.9. The van der Waals surface area contributed by atoms with Crippen LogP contribution in [-0.4, -0.2) is 73.4 Å². The van der Waals surface area contributed by atoms with Gasteiger partial charge in [0.05, 0.1) is 39.9 Å². The first-order chi connectivity index (χ1) is 32.0. The molecule has 0 fully saturated rings. The van der Waals surface area contributed by atoms with Crippen molar-refractivity contribution < 1.29 is 32.9 Å². The third-order valence-corrected chi connectivity index (χ3v) is 14.8. The highest BCUT2D eigenvalue weighted by Crippen LogP contribution is 2.43. The smallest absolute Gasteiger partial charge is 0.391 e. The Morgan fingerprint density at radius 2 is 0.727 bits per heavy atom. The van der Waals surface area contributed by atoms with Crippen molar-refractivity contribution in [3.63, 3.8) is 0 Å². The van der Waals surface area contributed by atoms with Gasteiger partial charge in [0.2, 0.25) is 5.91 Å². The summed E-state index contributed by atoms with van der Waals surface area (Å²) < 4.78 is 23.7. The summed E-state index contributed by atoms with van der Waals surface area (Å²) in [6.07, 6.45) is 58.9. The van der Waals surface area contributed by atoms with Crippen molar-refractivity contribution in [1.82, 2.24) is 5.32 Å². The number of hydrogen-bond acceptors (Lipinski definition) is 5. The lowest BCUT2D eigenvalue weighted by Crippen LogP contribution is -2.46. The number of aliphatic hydroxyl groups is 1. The largest absolute Gasteiger partial charge is 0.472 e. The lowest BCUT2D eigenvalue weighted by molar-refractivity contribution is -0.870. The van der Waals surface area contributed by atoms with Gasteiger partial charge in [-0.05, 0) is 12.8 Å². The van der Waals surface area contributed by atoms with Gasteiger partial charge >= 0.3 is 7.82 Å². The molecule has 9 heteroatoms. The van der Waals surface area contributed by atoms with Gasteiger partial charge in [-0.25, -0.2) is 4.57 Å². The Morgan fingerprint density at radius 1 is 0.455 bits per heavy atom. The summed E-state index contributed by atoms with van der Waals surface area (Å²) in [5, 5.41) is 14.0. The number of phosphoric ester groups is 1. The highest BCUT2D eigenvalue weighted by Gasteiger charge is 2.28. The van der Waals surface area contributed by atoms with Gasteiger partial charge in [-0.3, -0.25) is 13.8 Å². The van der Waals surface area contributed by atoms with E-state index in [0.717, 1.165) is 38.5 Å². The maximum atomic E-state index is 13.0. The van der Waals surface area contributed by atoms with Crippen molar-refractivity contribution in [2.24, 2.45) is 0 Å². The van der Waals surface area contributed by atoms with Crippen LogP contribution in [0.4, 0.5) is 0 Å². The zero-order valence-corrected chi connectivity index (χ0v) is 46.1. The summed E-state index contributed by atoms with van der Waals surface area (Å²) >= 11 is 0. The SMILES string of the molecule is CCCCCCCCCCCCCCCCCCCCCCCCCCCCCCCCCC(=O)NC(COP(=O)(O)OCC[N+](C)(C)C)C(O)CCCCCCCCCCCCCCC. The van der Waals surface area contributed by atoms with E-state index < -0.39 is 20.0 Å². The summed E-state index contributed by atoms with van der Waals surface area (Å²) in [7, 11) is 1.63. The van der Waals surface area contributed by atoms with E-state index in [9.17, 15) is 19.4 Å². The molecule has 0 bridgehead atoms. The molecule has 0 aromatic heterocycles. The van der Waals surface area contributed by atoms with E-state index in [1.165, 1.54) is 244 Å². The van der Waals surface area contributed by atoms with Crippen LogP contribution in [0.25, 0.3) is 0 Å². The molecular formula is C57H118N2O6P+. The molecular weight excluding hydrogens is 840 g/mol. The molecule has 0 aliphatic heterocycles. The van der Waals surface area contributed by atoms with E-state index in [1.54, 1.807) is 0 Å². The molecule has 0 radical (unpaired) electrons. The minimum absolute atomic E-state index is 0.0789. The first kappa shape index (κ1) is 65.5. The molecule has 3 unspecified atom stereocenters. The predicted molar refractivity (Wildman–Crippen MR) is 286 cm³/mol. The normalized spacial score (nSPS) is 13.9. The quantitative estimate of drug-likeness (QED) is 0.0319. The molecule has 66 heavy (non-hydrogen) atoms. The van der Waals surface area contributed by atoms with Crippen LogP contribution >= 0.6 is 7.82 Å². The first-order valence-electron chi connectivity index (χ1n) is 29.4. The van der Waals surface area contributed by atoms with Crippen molar-refractivity contribution in [1.29, 1.82) is 0 Å². The van der Waals surface area contributed by atoms with Crippen molar-refractivity contribution in [3.05, 3.63) is 0 Å². The fourth-order valence-corrected chi connectivity index (χ4v) is 9.96. The number of quaternary nitrogens is 1. The van der Waals surface area contributed by atoms with Crippen LogP contribution in [-0.2, 0) is 18.4 Å². The Kier molecular flexibility index (Phi) is 49.1. The highest BCUT2D eigenvalue weighted by molar-refractivity contribution is 7.47. The second-order valence-corrected chi connectivity index (χ2v) is 23.2. The van der Waals surface area contributed by atoms with Crippen LogP contribution in [0.2, 0.25) is 0 Å². The van der Waals surface area contributed by atoms with Crippen LogP contribution in [0.3, 0.4) is 0 Å². The van der Waals surface area contributed by atoms with Crippen LogP contribution in [0.15, 0.2) is 0 Å². The van der Waals surface area contributed by atoms with Gasteiger partial charge in [-0.2, -0.15) is 0 Å². The van der Waals surface area contributed by atoms with Crippen molar-refractivity contribution >= 4 is 13.7 Å². The van der Waals surface area contributed by atoms with E-state index >= 15 is 0 Å². The Hall–Kier alpha value is -0.500. The van der Waals surface area contributed by atoms with E-state index in [4.69, 9.17) is 9.05 Å². The number of rotatable bonds is 55. The predicted octanol–water partition coefficient (Wildman–Crippen LogP) is 17.7. The maximum Gasteiger partial charge on any atom is 0.472 e. The topological polar surface area (TPSA) is 105 Å². The van der Waals surface area contributed by atoms with Crippen molar-refractivity contribution in [2.45, 2.75) is 321 Å². The number of amides is 1. The van der Waals surface area contributed by atoms with Gasteiger partial charge in [0.15, 0.2) is 0 Å². The molecule has 0 aromatic rings. The second kappa shape index (κ2) is 49.5. The number of carbonyl (C=O) groups is 1. The van der Waals surface area contributed by atoms with Gasteiger partial charge in [-0.1, -0.05) is 290 Å². The second-order valence-electron chi connectivity index (χ2n) is 21.7. The van der Waals surface area contributed by atoms with Crippen molar-refractivity contribution in [3.8, 4) is 0 Å². The molecule has 0 rings (SSSR count). The number of hydrogen-bond donors (Lipinski definition) is 3. The maximum absolute atomic E-state index is 13.0. The average Bonchev–Trinajstić information content (AvgIpc) is 3.28. The first-order valence-corrected chi connectivity index (χ1v) is 30.9. The summed E-state index contributed by atoms with van der Waals surface area (Å²) in [6, 6.07) is -0.754. The number of nitrogens with one attached hydrogen (secondary N) is 1. The molecule has 0 aromatic carbocycles. The molecule has 0 saturated heterocycles. The monoisotopic (exact) mass is 958 g/mol. The minimum atomic E-state index is -4.31. The van der Waals surface area contributed by atoms with E-state index in [0.29, 0.717) is 23.9 Å². The minimum Gasteiger partial charge on any atom is -0.391 e. The molecule has 1 amide bonds. The molecule has 3 N–H and O–H groups in total. The molecule has 0 aliphatic rings. The Morgan fingerprint density at radius 3 is 1.02 bits per heavy atom. The van der Waals surface area contributed by atoms with Crippen LogP contribution in [0.1, 0.15) is 309 Å². The average molecular weight is 959 g/mol. The number of aliphatic hydroxyl groups excluding tert-OH is 1. The summed E-state index contributed by atoms with van der Waals surface area (Å²) in [5.41, 5.74) is 0. The lowest BCUT2D eigenvalue weighted by atomic mass is 10.0. The Bertz CT molecular complexity index is 1040. The fraction of sp³-hybridized carbons (Fsp3) is 0.982. The molecule has 3 atom stereocenters. The van der Waals surface area contributed by atoms with Crippen LogP contribution < -0.4 is 5.32 Å². The summed E-state index contributed by atoms with van der Waals surface area (Å²) in [5.74, 6) is -0.137. The molecule has 8 nitrogen and oxygen atoms in total. The molecule has 0 heterocycles. The van der Waals surface area contributed by atoms with Crippen LogP contribution in [0, 0.1) is 0 Å². The number of carbonyl (C=O) groups excluding carboxylic acids is 1. The van der Waals surface area contributed by atoms with Crippen LogP contribution in [0.5, 0.6) is 0 Å². The van der Waals surface area contributed by atoms with E-state index in [2.05, 4.69) is 19.2 Å².